The van der Waals surface area contributed by atoms with Gasteiger partial charge in [0.1, 0.15) is 23.9 Å². The second-order valence-corrected chi connectivity index (χ2v) is 9.49. The SMILES string of the molecule is Oc1ccc2c(Cc3ccc(OCCN4CC(CF)C4)cc3)c(-c3ccc(C(F)(F)F)cc3F)cnc2c1. The van der Waals surface area contributed by atoms with Gasteiger partial charge in [0.15, 0.2) is 0 Å². The molecule has 0 spiro atoms. The first-order valence-corrected chi connectivity index (χ1v) is 12.2. The van der Waals surface area contributed by atoms with Crippen molar-refractivity contribution in [1.29, 1.82) is 0 Å². The predicted octanol–water partition coefficient (Wildman–Crippen LogP) is 6.64. The Kier molecular flexibility index (Phi) is 7.21. The number of nitrogens with zero attached hydrogens (tertiary/aromatic N) is 2. The Morgan fingerprint density at radius 2 is 1.74 bits per heavy atom. The molecule has 0 radical (unpaired) electrons. The summed E-state index contributed by atoms with van der Waals surface area (Å²) in [7, 11) is 0. The van der Waals surface area contributed by atoms with Gasteiger partial charge in [-0.15, -0.1) is 0 Å². The van der Waals surface area contributed by atoms with Crippen LogP contribution in [0.1, 0.15) is 16.7 Å². The highest BCUT2D eigenvalue weighted by Gasteiger charge is 2.31. The monoisotopic (exact) mass is 528 g/mol. The van der Waals surface area contributed by atoms with Crippen LogP contribution in [0.4, 0.5) is 22.0 Å². The molecule has 5 rings (SSSR count). The summed E-state index contributed by atoms with van der Waals surface area (Å²) in [5.41, 5.74) is 1.35. The van der Waals surface area contributed by atoms with Crippen LogP contribution in [-0.4, -0.2) is 47.9 Å². The number of halogens is 5. The number of hydrogen-bond donors (Lipinski definition) is 1. The lowest BCUT2D eigenvalue weighted by Gasteiger charge is -2.37. The number of fused-ring (bicyclic) bond motifs is 1. The summed E-state index contributed by atoms with van der Waals surface area (Å²) in [6, 6.07) is 14.5. The highest BCUT2D eigenvalue weighted by Crippen LogP contribution is 2.36. The highest BCUT2D eigenvalue weighted by atomic mass is 19.4. The molecule has 1 N–H and O–H groups in total. The standard InChI is InChI=1S/C29H25F5N2O2/c30-14-19-16-36(17-19)9-10-38-22-5-1-18(2-6-22)11-25-24-8-4-21(37)13-28(24)35-15-26(25)23-7-3-20(12-27(23)31)29(32,33)34/h1-8,12-13,15,19,37H,9-11,14,16-17H2. The molecule has 38 heavy (non-hydrogen) atoms. The summed E-state index contributed by atoms with van der Waals surface area (Å²) in [4.78, 5) is 6.45. The Balaban J connectivity index is 1.40. The third-order valence-electron chi connectivity index (χ3n) is 6.78. The van der Waals surface area contributed by atoms with E-state index in [1.54, 1.807) is 6.07 Å². The van der Waals surface area contributed by atoms with Gasteiger partial charge in [-0.1, -0.05) is 18.2 Å². The van der Waals surface area contributed by atoms with Gasteiger partial charge in [0.05, 0.1) is 17.8 Å². The number of aromatic hydroxyl groups is 1. The molecule has 4 aromatic rings. The van der Waals surface area contributed by atoms with Gasteiger partial charge in [-0.3, -0.25) is 14.3 Å². The number of likely N-dealkylation sites (tertiary alicyclic amines) is 1. The Morgan fingerprint density at radius 1 is 0.974 bits per heavy atom. The van der Waals surface area contributed by atoms with E-state index in [1.165, 1.54) is 18.3 Å². The zero-order chi connectivity index (χ0) is 26.9. The fourth-order valence-electron chi connectivity index (χ4n) is 4.73. The normalized spacial score (nSPS) is 14.6. The number of hydrogen-bond acceptors (Lipinski definition) is 4. The van der Waals surface area contributed by atoms with Crippen LogP contribution in [0.3, 0.4) is 0 Å². The molecule has 3 aromatic carbocycles. The first-order valence-electron chi connectivity index (χ1n) is 12.2. The molecule has 0 unspecified atom stereocenters. The first kappa shape index (κ1) is 25.9. The van der Waals surface area contributed by atoms with E-state index in [1.807, 2.05) is 24.3 Å². The minimum absolute atomic E-state index is 0.0106. The van der Waals surface area contributed by atoms with E-state index in [0.29, 0.717) is 46.9 Å². The molecule has 0 amide bonds. The molecular formula is C29H25F5N2O2. The van der Waals surface area contributed by atoms with Crippen molar-refractivity contribution in [1.82, 2.24) is 9.88 Å². The molecule has 2 heterocycles. The summed E-state index contributed by atoms with van der Waals surface area (Å²) < 4.78 is 72.6. The van der Waals surface area contributed by atoms with Crippen LogP contribution < -0.4 is 4.74 Å². The van der Waals surface area contributed by atoms with Crippen LogP contribution in [-0.2, 0) is 12.6 Å². The third-order valence-corrected chi connectivity index (χ3v) is 6.78. The lowest BCUT2D eigenvalue weighted by Crippen LogP contribution is -2.49. The molecule has 0 atom stereocenters. The Labute approximate surface area is 216 Å². The Morgan fingerprint density at radius 3 is 2.42 bits per heavy atom. The number of alkyl halides is 4. The molecule has 1 aliphatic heterocycles. The van der Waals surface area contributed by atoms with Gasteiger partial charge >= 0.3 is 6.18 Å². The maximum Gasteiger partial charge on any atom is 0.416 e. The molecule has 1 aliphatic rings. The lowest BCUT2D eigenvalue weighted by molar-refractivity contribution is -0.137. The summed E-state index contributed by atoms with van der Waals surface area (Å²) >= 11 is 0. The van der Waals surface area contributed by atoms with Crippen molar-refractivity contribution < 1.29 is 31.8 Å². The van der Waals surface area contributed by atoms with Crippen molar-refractivity contribution >= 4 is 10.9 Å². The molecule has 198 valence electrons. The Hall–Kier alpha value is -3.72. The fraction of sp³-hybridized carbons (Fsp3) is 0.276. The molecule has 0 saturated carbocycles. The van der Waals surface area contributed by atoms with Crippen molar-refractivity contribution in [3.05, 3.63) is 89.4 Å². The minimum atomic E-state index is -4.66. The maximum atomic E-state index is 14.9. The van der Waals surface area contributed by atoms with Gasteiger partial charge in [0.25, 0.3) is 0 Å². The van der Waals surface area contributed by atoms with Crippen molar-refractivity contribution in [3.8, 4) is 22.6 Å². The summed E-state index contributed by atoms with van der Waals surface area (Å²) in [6.07, 6.45) is -2.89. The number of phenols is 1. The zero-order valence-electron chi connectivity index (χ0n) is 20.3. The lowest BCUT2D eigenvalue weighted by atomic mass is 9.92. The fourth-order valence-corrected chi connectivity index (χ4v) is 4.73. The third kappa shape index (κ3) is 5.57. The number of benzene rings is 3. The van der Waals surface area contributed by atoms with Gasteiger partial charge in [-0.05, 0) is 53.9 Å². The van der Waals surface area contributed by atoms with Crippen molar-refractivity contribution in [2.75, 3.05) is 32.9 Å². The molecule has 9 heteroatoms. The smallest absolute Gasteiger partial charge is 0.416 e. The molecule has 1 saturated heterocycles. The van der Waals surface area contributed by atoms with E-state index in [2.05, 4.69) is 9.88 Å². The van der Waals surface area contributed by atoms with Crippen LogP contribution >= 0.6 is 0 Å². The largest absolute Gasteiger partial charge is 0.508 e. The second kappa shape index (κ2) is 10.6. The van der Waals surface area contributed by atoms with Crippen LogP contribution in [0.25, 0.3) is 22.0 Å². The summed E-state index contributed by atoms with van der Waals surface area (Å²) in [5, 5.41) is 10.5. The molecule has 4 nitrogen and oxygen atoms in total. The molecule has 0 bridgehead atoms. The number of ether oxygens (including phenoxy) is 1. The molecule has 1 aromatic heterocycles. The average Bonchev–Trinajstić information content (AvgIpc) is 2.86. The van der Waals surface area contributed by atoms with Crippen molar-refractivity contribution in [2.24, 2.45) is 5.92 Å². The topological polar surface area (TPSA) is 45.6 Å². The van der Waals surface area contributed by atoms with Gasteiger partial charge in [-0.2, -0.15) is 13.2 Å². The number of aromatic nitrogens is 1. The second-order valence-electron chi connectivity index (χ2n) is 9.49. The van der Waals surface area contributed by atoms with E-state index in [-0.39, 0.29) is 23.9 Å². The highest BCUT2D eigenvalue weighted by molar-refractivity contribution is 5.90. The zero-order valence-corrected chi connectivity index (χ0v) is 20.3. The van der Waals surface area contributed by atoms with Gasteiger partial charge in [0, 0.05) is 54.3 Å². The van der Waals surface area contributed by atoms with E-state index < -0.39 is 17.6 Å². The van der Waals surface area contributed by atoms with E-state index >= 15 is 0 Å². The van der Waals surface area contributed by atoms with Gasteiger partial charge < -0.3 is 9.84 Å². The number of pyridine rings is 1. The van der Waals surface area contributed by atoms with Gasteiger partial charge in [0.2, 0.25) is 0 Å². The van der Waals surface area contributed by atoms with Crippen LogP contribution in [0.5, 0.6) is 11.5 Å². The first-order chi connectivity index (χ1) is 18.2. The van der Waals surface area contributed by atoms with E-state index in [9.17, 15) is 27.1 Å². The van der Waals surface area contributed by atoms with Gasteiger partial charge in [-0.25, -0.2) is 4.39 Å². The summed E-state index contributed by atoms with van der Waals surface area (Å²) in [5.74, 6) is -0.174. The minimum Gasteiger partial charge on any atom is -0.508 e. The van der Waals surface area contributed by atoms with Crippen molar-refractivity contribution in [3.63, 3.8) is 0 Å². The summed E-state index contributed by atoms with van der Waals surface area (Å²) in [6.45, 7) is 2.40. The maximum absolute atomic E-state index is 14.9. The average molecular weight is 529 g/mol. The number of phenolic OH excluding ortho intramolecular Hbond substituents is 1. The molecule has 0 aliphatic carbocycles. The molecular weight excluding hydrogens is 503 g/mol. The van der Waals surface area contributed by atoms with E-state index in [4.69, 9.17) is 4.74 Å². The molecule has 1 fully saturated rings. The van der Waals surface area contributed by atoms with Crippen LogP contribution in [0.2, 0.25) is 0 Å². The predicted molar refractivity (Wildman–Crippen MR) is 134 cm³/mol. The number of rotatable bonds is 8. The Bertz CT molecular complexity index is 1430. The van der Waals surface area contributed by atoms with Crippen LogP contribution in [0, 0.1) is 11.7 Å². The van der Waals surface area contributed by atoms with Crippen molar-refractivity contribution in [2.45, 2.75) is 12.6 Å². The quantitative estimate of drug-likeness (QED) is 0.261. The van der Waals surface area contributed by atoms with Crippen LogP contribution in [0.15, 0.2) is 66.9 Å². The van der Waals surface area contributed by atoms with E-state index in [0.717, 1.165) is 37.3 Å².